The Hall–Kier alpha value is -1.67. The Labute approximate surface area is 105 Å². The molecule has 0 aliphatic carbocycles. The average molecular weight is 249 g/mol. The minimum Gasteiger partial charge on any atom is -0.506 e. The lowest BCUT2D eigenvalue weighted by molar-refractivity contribution is 0.321. The quantitative estimate of drug-likeness (QED) is 0.895. The predicted molar refractivity (Wildman–Crippen MR) is 68.8 cm³/mol. The van der Waals surface area contributed by atoms with Gasteiger partial charge in [-0.1, -0.05) is 41.9 Å². The van der Waals surface area contributed by atoms with Gasteiger partial charge in [-0.25, -0.2) is 0 Å². The summed E-state index contributed by atoms with van der Waals surface area (Å²) in [6.45, 7) is 0.588. The van der Waals surface area contributed by atoms with Crippen LogP contribution >= 0.6 is 11.6 Å². The van der Waals surface area contributed by atoms with Crippen LogP contribution in [0.25, 0.3) is 0 Å². The van der Waals surface area contributed by atoms with Crippen molar-refractivity contribution in [3.8, 4) is 11.5 Å². The fourth-order valence-corrected chi connectivity index (χ4v) is 1.68. The van der Waals surface area contributed by atoms with Gasteiger partial charge in [0, 0.05) is 12.5 Å². The molecule has 0 aliphatic heterocycles. The summed E-state index contributed by atoms with van der Waals surface area (Å²) in [5, 5.41) is 9.57. The highest BCUT2D eigenvalue weighted by atomic mass is 35.5. The lowest BCUT2D eigenvalue weighted by Crippen LogP contribution is -2.00. The molecule has 0 saturated heterocycles. The van der Waals surface area contributed by atoms with Gasteiger partial charge in [0.2, 0.25) is 0 Å². The third-order valence-electron chi connectivity index (χ3n) is 2.42. The fourth-order valence-electron chi connectivity index (χ4n) is 1.51. The Morgan fingerprint density at radius 1 is 1.06 bits per heavy atom. The highest BCUT2D eigenvalue weighted by molar-refractivity contribution is 6.32. The third-order valence-corrected chi connectivity index (χ3v) is 2.72. The van der Waals surface area contributed by atoms with E-state index in [4.69, 9.17) is 16.3 Å². The highest BCUT2D eigenvalue weighted by Crippen LogP contribution is 2.27. The van der Waals surface area contributed by atoms with Crippen molar-refractivity contribution >= 4 is 11.6 Å². The van der Waals surface area contributed by atoms with Crippen LogP contribution in [-0.4, -0.2) is 11.7 Å². The van der Waals surface area contributed by atoms with E-state index in [2.05, 4.69) is 12.1 Å². The van der Waals surface area contributed by atoms with E-state index in [1.54, 1.807) is 12.1 Å². The van der Waals surface area contributed by atoms with E-state index < -0.39 is 0 Å². The topological polar surface area (TPSA) is 29.5 Å². The number of hydrogen-bond acceptors (Lipinski definition) is 2. The molecule has 0 aromatic heterocycles. The van der Waals surface area contributed by atoms with Gasteiger partial charge in [0.05, 0.1) is 11.6 Å². The minimum absolute atomic E-state index is 0.0714. The Bertz CT molecular complexity index is 483. The molecule has 0 saturated carbocycles. The smallest absolute Gasteiger partial charge is 0.134 e. The average Bonchev–Trinajstić information content (AvgIpc) is 2.35. The van der Waals surface area contributed by atoms with Gasteiger partial charge in [0.25, 0.3) is 0 Å². The molecule has 2 nitrogen and oxygen atoms in total. The van der Waals surface area contributed by atoms with Gasteiger partial charge in [0.15, 0.2) is 0 Å². The molecule has 17 heavy (non-hydrogen) atoms. The molecule has 1 N–H and O–H groups in total. The second kappa shape index (κ2) is 5.60. The number of ether oxygens (including phenoxy) is 1. The normalized spacial score (nSPS) is 10.2. The lowest BCUT2D eigenvalue weighted by atomic mass is 10.2. The summed E-state index contributed by atoms with van der Waals surface area (Å²) >= 11 is 5.78. The molecule has 0 radical (unpaired) electrons. The van der Waals surface area contributed by atoms with E-state index in [0.717, 1.165) is 6.42 Å². The molecule has 2 aromatic rings. The standard InChI is InChI=1S/C14H13ClO2/c15-13-10-12(6-7-14(13)16)17-9-8-11-4-2-1-3-5-11/h1-7,10,16H,8-9H2. The van der Waals surface area contributed by atoms with Gasteiger partial charge in [0.1, 0.15) is 11.5 Å². The van der Waals surface area contributed by atoms with Gasteiger partial charge in [-0.2, -0.15) is 0 Å². The van der Waals surface area contributed by atoms with Crippen LogP contribution in [0.3, 0.4) is 0 Å². The second-order valence-corrected chi connectivity index (χ2v) is 4.10. The first-order valence-electron chi connectivity index (χ1n) is 5.41. The fraction of sp³-hybridized carbons (Fsp3) is 0.143. The van der Waals surface area contributed by atoms with Gasteiger partial charge >= 0.3 is 0 Å². The van der Waals surface area contributed by atoms with Crippen LogP contribution in [0.4, 0.5) is 0 Å². The number of halogens is 1. The summed E-state index contributed by atoms with van der Waals surface area (Å²) < 4.78 is 5.55. The first-order chi connectivity index (χ1) is 8.25. The lowest BCUT2D eigenvalue weighted by Gasteiger charge is -2.07. The van der Waals surface area contributed by atoms with E-state index in [0.29, 0.717) is 17.4 Å². The molecule has 88 valence electrons. The Balaban J connectivity index is 1.88. The van der Waals surface area contributed by atoms with E-state index in [1.807, 2.05) is 18.2 Å². The summed E-state index contributed by atoms with van der Waals surface area (Å²) in [6.07, 6.45) is 0.847. The Morgan fingerprint density at radius 3 is 2.53 bits per heavy atom. The molecule has 0 spiro atoms. The molecular weight excluding hydrogens is 236 g/mol. The van der Waals surface area contributed by atoms with Crippen molar-refractivity contribution < 1.29 is 9.84 Å². The maximum Gasteiger partial charge on any atom is 0.134 e. The van der Waals surface area contributed by atoms with E-state index in [9.17, 15) is 5.11 Å². The third kappa shape index (κ3) is 3.40. The Morgan fingerprint density at radius 2 is 1.82 bits per heavy atom. The van der Waals surface area contributed by atoms with Crippen molar-refractivity contribution in [3.63, 3.8) is 0 Å². The molecule has 0 atom stereocenters. The van der Waals surface area contributed by atoms with Crippen molar-refractivity contribution in [1.29, 1.82) is 0 Å². The summed E-state index contributed by atoms with van der Waals surface area (Å²) in [5.41, 5.74) is 1.23. The van der Waals surface area contributed by atoms with Crippen molar-refractivity contribution in [2.75, 3.05) is 6.61 Å². The number of aromatic hydroxyl groups is 1. The zero-order valence-corrected chi connectivity index (χ0v) is 10.0. The van der Waals surface area contributed by atoms with Crippen molar-refractivity contribution in [2.45, 2.75) is 6.42 Å². The number of phenolic OH excluding ortho intramolecular Hbond substituents is 1. The zero-order chi connectivity index (χ0) is 12.1. The second-order valence-electron chi connectivity index (χ2n) is 3.70. The molecule has 0 amide bonds. The van der Waals surface area contributed by atoms with Gasteiger partial charge in [-0.05, 0) is 17.7 Å². The van der Waals surface area contributed by atoms with E-state index >= 15 is 0 Å². The minimum atomic E-state index is 0.0714. The van der Waals surface area contributed by atoms with Crippen molar-refractivity contribution in [3.05, 3.63) is 59.1 Å². The number of hydrogen-bond donors (Lipinski definition) is 1. The first-order valence-corrected chi connectivity index (χ1v) is 5.79. The molecule has 0 aliphatic rings. The summed E-state index contributed by atoms with van der Waals surface area (Å²) in [4.78, 5) is 0. The monoisotopic (exact) mass is 248 g/mol. The van der Waals surface area contributed by atoms with Crippen LogP contribution in [0.5, 0.6) is 11.5 Å². The highest BCUT2D eigenvalue weighted by Gasteiger charge is 2.00. The SMILES string of the molecule is Oc1ccc(OCCc2ccccc2)cc1Cl. The van der Waals surface area contributed by atoms with Crippen LogP contribution in [0.1, 0.15) is 5.56 Å². The van der Waals surface area contributed by atoms with Gasteiger partial charge in [-0.15, -0.1) is 0 Å². The van der Waals surface area contributed by atoms with Crippen LogP contribution in [-0.2, 0) is 6.42 Å². The molecule has 0 unspecified atom stereocenters. The summed E-state index contributed by atoms with van der Waals surface area (Å²) in [6, 6.07) is 15.0. The zero-order valence-electron chi connectivity index (χ0n) is 9.27. The largest absolute Gasteiger partial charge is 0.506 e. The number of rotatable bonds is 4. The van der Waals surface area contributed by atoms with Crippen LogP contribution in [0.2, 0.25) is 5.02 Å². The number of phenols is 1. The summed E-state index contributed by atoms with van der Waals surface area (Å²) in [7, 11) is 0. The van der Waals surface area contributed by atoms with Gasteiger partial charge < -0.3 is 9.84 Å². The maximum absolute atomic E-state index is 9.26. The van der Waals surface area contributed by atoms with E-state index in [-0.39, 0.29) is 5.75 Å². The number of benzene rings is 2. The van der Waals surface area contributed by atoms with Crippen molar-refractivity contribution in [2.24, 2.45) is 0 Å². The van der Waals surface area contributed by atoms with Gasteiger partial charge in [-0.3, -0.25) is 0 Å². The van der Waals surface area contributed by atoms with Crippen LogP contribution < -0.4 is 4.74 Å². The summed E-state index contributed by atoms with van der Waals surface area (Å²) in [5.74, 6) is 0.741. The molecule has 3 heteroatoms. The molecule has 2 rings (SSSR count). The molecule has 2 aromatic carbocycles. The molecule has 0 heterocycles. The Kier molecular flexibility index (Phi) is 3.89. The van der Waals surface area contributed by atoms with Crippen molar-refractivity contribution in [1.82, 2.24) is 0 Å². The predicted octanol–water partition coefficient (Wildman–Crippen LogP) is 3.67. The molecule has 0 bridgehead atoms. The van der Waals surface area contributed by atoms with E-state index in [1.165, 1.54) is 11.6 Å². The van der Waals surface area contributed by atoms with Crippen LogP contribution in [0.15, 0.2) is 48.5 Å². The molecular formula is C14H13ClO2. The molecule has 0 fully saturated rings. The first kappa shape index (κ1) is 11.8. The van der Waals surface area contributed by atoms with Crippen LogP contribution in [0, 0.1) is 0 Å². The maximum atomic E-state index is 9.26.